The van der Waals surface area contributed by atoms with Crippen molar-refractivity contribution >= 4 is 33.1 Å². The lowest BCUT2D eigenvalue weighted by Crippen LogP contribution is -2.27. The quantitative estimate of drug-likeness (QED) is 0.733. The van der Waals surface area contributed by atoms with Gasteiger partial charge in [-0.15, -0.1) is 0 Å². The molecule has 2 rings (SSSR count). The maximum atomic E-state index is 13.6. The molecule has 0 aliphatic carbocycles. The second-order valence-electron chi connectivity index (χ2n) is 5.23. The van der Waals surface area contributed by atoms with Gasteiger partial charge in [0.25, 0.3) is 0 Å². The van der Waals surface area contributed by atoms with Crippen LogP contribution in [-0.4, -0.2) is 21.2 Å². The Kier molecular flexibility index (Phi) is 3.38. The first kappa shape index (κ1) is 14.0. The fourth-order valence-corrected chi connectivity index (χ4v) is 2.06. The number of fused-ring (bicyclic) bond motifs is 1. The number of ether oxygens (including phenoxy) is 1. The van der Waals surface area contributed by atoms with Crippen molar-refractivity contribution in [3.8, 4) is 0 Å². The fourth-order valence-electron chi connectivity index (χ4n) is 1.73. The first-order valence-corrected chi connectivity index (χ1v) is 6.56. The lowest BCUT2D eigenvalue weighted by Gasteiger charge is -2.20. The van der Waals surface area contributed by atoms with E-state index in [-0.39, 0.29) is 0 Å². The van der Waals surface area contributed by atoms with E-state index >= 15 is 0 Å². The third-order valence-electron chi connectivity index (χ3n) is 2.44. The van der Waals surface area contributed by atoms with E-state index in [1.165, 1.54) is 10.6 Å². The van der Waals surface area contributed by atoms with Gasteiger partial charge in [0.05, 0.1) is 15.5 Å². The highest BCUT2D eigenvalue weighted by molar-refractivity contribution is 9.10. The lowest BCUT2D eigenvalue weighted by molar-refractivity contribution is 0.0540. The van der Waals surface area contributed by atoms with Gasteiger partial charge in [-0.25, -0.2) is 18.7 Å². The van der Waals surface area contributed by atoms with Crippen LogP contribution in [0.1, 0.15) is 26.6 Å². The third-order valence-corrected chi connectivity index (χ3v) is 3.05. The van der Waals surface area contributed by atoms with E-state index in [9.17, 15) is 9.18 Å². The van der Waals surface area contributed by atoms with Crippen LogP contribution >= 0.6 is 15.9 Å². The van der Waals surface area contributed by atoms with Crippen LogP contribution < -0.4 is 0 Å². The van der Waals surface area contributed by atoms with E-state index in [1.807, 2.05) is 0 Å². The largest absolute Gasteiger partial charge is 0.443 e. The van der Waals surface area contributed by atoms with Gasteiger partial charge >= 0.3 is 6.09 Å². The van der Waals surface area contributed by atoms with Crippen molar-refractivity contribution in [1.29, 1.82) is 0 Å². The summed E-state index contributed by atoms with van der Waals surface area (Å²) in [5.74, 6) is 0.0129. The maximum absolute atomic E-state index is 13.6. The Balaban J connectivity index is 2.57. The summed E-state index contributed by atoms with van der Waals surface area (Å²) in [5, 5.41) is 0. The molecule has 2 aromatic rings. The standard InChI is InChI=1S/C13H14BrFN2O2/c1-7-16-10-5-8(14)9(15)6-11(10)17(7)12(18)19-13(2,3)4/h5-6H,1-4H3. The summed E-state index contributed by atoms with van der Waals surface area (Å²) in [4.78, 5) is 16.4. The van der Waals surface area contributed by atoms with Crippen molar-refractivity contribution in [3.63, 3.8) is 0 Å². The van der Waals surface area contributed by atoms with Gasteiger partial charge in [-0.05, 0) is 49.7 Å². The minimum absolute atomic E-state index is 0.314. The summed E-state index contributed by atoms with van der Waals surface area (Å²) in [7, 11) is 0. The van der Waals surface area contributed by atoms with Crippen molar-refractivity contribution in [2.24, 2.45) is 0 Å². The summed E-state index contributed by atoms with van der Waals surface area (Å²) in [6, 6.07) is 2.81. The Hall–Kier alpha value is -1.43. The number of aromatic nitrogens is 2. The molecule has 0 saturated heterocycles. The molecule has 1 aromatic heterocycles. The molecule has 19 heavy (non-hydrogen) atoms. The first-order valence-electron chi connectivity index (χ1n) is 5.76. The molecule has 0 amide bonds. The van der Waals surface area contributed by atoms with E-state index < -0.39 is 17.5 Å². The Bertz CT molecular complexity index is 659. The molecule has 1 aromatic carbocycles. The molecule has 0 atom stereocenters. The Morgan fingerprint density at radius 2 is 2.05 bits per heavy atom. The average Bonchev–Trinajstić information content (AvgIpc) is 2.52. The highest BCUT2D eigenvalue weighted by atomic mass is 79.9. The van der Waals surface area contributed by atoms with Gasteiger partial charge in [0, 0.05) is 6.07 Å². The highest BCUT2D eigenvalue weighted by Gasteiger charge is 2.22. The first-order chi connectivity index (χ1) is 8.69. The maximum Gasteiger partial charge on any atom is 0.420 e. The van der Waals surface area contributed by atoms with Crippen molar-refractivity contribution in [2.75, 3.05) is 0 Å². The zero-order chi connectivity index (χ0) is 14.4. The summed E-state index contributed by atoms with van der Waals surface area (Å²) >= 11 is 3.10. The topological polar surface area (TPSA) is 44.1 Å². The Morgan fingerprint density at radius 1 is 1.42 bits per heavy atom. The van der Waals surface area contributed by atoms with Gasteiger partial charge in [-0.1, -0.05) is 0 Å². The lowest BCUT2D eigenvalue weighted by atomic mass is 10.2. The molecule has 0 spiro atoms. The normalized spacial score (nSPS) is 11.9. The predicted octanol–water partition coefficient (Wildman–Crippen LogP) is 4.03. The molecule has 0 saturated carbocycles. The SMILES string of the molecule is Cc1nc2cc(Br)c(F)cc2n1C(=O)OC(C)(C)C. The number of benzene rings is 1. The fraction of sp³-hybridized carbons (Fsp3) is 0.385. The number of imidazole rings is 1. The number of nitrogens with zero attached hydrogens (tertiary/aromatic N) is 2. The van der Waals surface area contributed by atoms with Crippen LogP contribution in [0.3, 0.4) is 0 Å². The monoisotopic (exact) mass is 328 g/mol. The molecule has 0 fully saturated rings. The number of rotatable bonds is 0. The number of halogens is 2. The van der Waals surface area contributed by atoms with E-state index in [0.717, 1.165) is 0 Å². The van der Waals surface area contributed by atoms with Crippen molar-refractivity contribution < 1.29 is 13.9 Å². The minimum Gasteiger partial charge on any atom is -0.443 e. The Morgan fingerprint density at radius 3 is 2.63 bits per heavy atom. The smallest absolute Gasteiger partial charge is 0.420 e. The van der Waals surface area contributed by atoms with Gasteiger partial charge in [0.1, 0.15) is 17.2 Å². The third kappa shape index (κ3) is 2.78. The molecular weight excluding hydrogens is 315 g/mol. The number of hydrogen-bond acceptors (Lipinski definition) is 3. The molecule has 0 N–H and O–H groups in total. The minimum atomic E-state index is -0.617. The van der Waals surface area contributed by atoms with Crippen LogP contribution in [0.2, 0.25) is 0 Å². The summed E-state index contributed by atoms with van der Waals surface area (Å²) in [6.07, 6.45) is -0.561. The van der Waals surface area contributed by atoms with Crippen LogP contribution in [0.25, 0.3) is 11.0 Å². The zero-order valence-electron chi connectivity index (χ0n) is 11.1. The van der Waals surface area contributed by atoms with Crippen LogP contribution in [0.15, 0.2) is 16.6 Å². The van der Waals surface area contributed by atoms with Gasteiger partial charge < -0.3 is 4.74 Å². The molecule has 0 aliphatic heterocycles. The van der Waals surface area contributed by atoms with E-state index in [1.54, 1.807) is 33.8 Å². The summed E-state index contributed by atoms with van der Waals surface area (Å²) in [6.45, 7) is 7.00. The van der Waals surface area contributed by atoms with E-state index in [2.05, 4.69) is 20.9 Å². The van der Waals surface area contributed by atoms with Crippen molar-refractivity contribution in [1.82, 2.24) is 9.55 Å². The number of carbonyl (C=O) groups is 1. The van der Waals surface area contributed by atoms with Gasteiger partial charge in [-0.3, -0.25) is 0 Å². The summed E-state index contributed by atoms with van der Waals surface area (Å²) in [5.41, 5.74) is 0.317. The number of hydrogen-bond donors (Lipinski definition) is 0. The van der Waals surface area contributed by atoms with Crippen molar-refractivity contribution in [3.05, 3.63) is 28.2 Å². The average molecular weight is 329 g/mol. The van der Waals surface area contributed by atoms with Crippen LogP contribution in [0, 0.1) is 12.7 Å². The highest BCUT2D eigenvalue weighted by Crippen LogP contribution is 2.24. The second-order valence-corrected chi connectivity index (χ2v) is 6.08. The number of aryl methyl sites for hydroxylation is 1. The Labute approximate surface area is 118 Å². The molecule has 4 nitrogen and oxygen atoms in total. The summed E-state index contributed by atoms with van der Waals surface area (Å²) < 4.78 is 20.5. The van der Waals surface area contributed by atoms with E-state index in [0.29, 0.717) is 21.3 Å². The molecule has 0 bridgehead atoms. The van der Waals surface area contributed by atoms with Crippen LogP contribution in [-0.2, 0) is 4.74 Å². The predicted molar refractivity (Wildman–Crippen MR) is 73.8 cm³/mol. The molecule has 0 aliphatic rings. The van der Waals surface area contributed by atoms with Crippen LogP contribution in [0.5, 0.6) is 0 Å². The molecule has 0 radical (unpaired) electrons. The molecule has 102 valence electrons. The van der Waals surface area contributed by atoms with Gasteiger partial charge in [-0.2, -0.15) is 0 Å². The van der Waals surface area contributed by atoms with Crippen LogP contribution in [0.4, 0.5) is 9.18 Å². The van der Waals surface area contributed by atoms with Gasteiger partial charge in [0.2, 0.25) is 0 Å². The number of carbonyl (C=O) groups excluding carboxylic acids is 1. The molecular formula is C13H14BrFN2O2. The zero-order valence-corrected chi connectivity index (χ0v) is 12.7. The molecule has 6 heteroatoms. The molecule has 0 unspecified atom stereocenters. The molecule has 1 heterocycles. The van der Waals surface area contributed by atoms with E-state index in [4.69, 9.17) is 4.74 Å². The van der Waals surface area contributed by atoms with Crippen molar-refractivity contribution in [2.45, 2.75) is 33.3 Å². The second kappa shape index (κ2) is 4.59. The van der Waals surface area contributed by atoms with Gasteiger partial charge in [0.15, 0.2) is 0 Å².